The zero-order chi connectivity index (χ0) is 5.54. The summed E-state index contributed by atoms with van der Waals surface area (Å²) in [4.78, 5) is 0. The maximum Gasteiger partial charge on any atom is 2.00 e. The molecule has 9 heavy (non-hydrogen) atoms. The molecule has 0 N–H and O–H groups in total. The topological polar surface area (TPSA) is 0 Å². The van der Waals surface area contributed by atoms with Crippen molar-refractivity contribution in [2.24, 2.45) is 0 Å². The largest absolute Gasteiger partial charge is 2.00 e. The van der Waals surface area contributed by atoms with Crippen LogP contribution < -0.4 is 0 Å². The van der Waals surface area contributed by atoms with Crippen molar-refractivity contribution in [3.05, 3.63) is 13.8 Å². The van der Waals surface area contributed by atoms with Crippen LogP contribution in [0.4, 0.5) is 0 Å². The molecule has 0 radical (unpaired) electrons. The van der Waals surface area contributed by atoms with Gasteiger partial charge in [0.1, 0.15) is 0 Å². The minimum absolute atomic E-state index is 0. The molecule has 0 aromatic carbocycles. The molecule has 0 aromatic rings. The summed E-state index contributed by atoms with van der Waals surface area (Å²) >= 11 is 0. The minimum Gasteiger partial charge on any atom is -0.358 e. The molecule has 52 valence electrons. The molecule has 0 aromatic heterocycles. The van der Waals surface area contributed by atoms with Gasteiger partial charge < -0.3 is 13.8 Å². The molecule has 0 atom stereocenters. The Kier molecular flexibility index (Phi) is 28.7. The van der Waals surface area contributed by atoms with Gasteiger partial charge in [-0.15, -0.1) is 0 Å². The summed E-state index contributed by atoms with van der Waals surface area (Å²) in [5.41, 5.74) is 0. The predicted octanol–water partition coefficient (Wildman–Crippen LogP) is 3.24. The Labute approximate surface area is 73.2 Å². The Morgan fingerprint density at radius 2 is 1.78 bits per heavy atom. The second-order valence-corrected chi connectivity index (χ2v) is 1.90. The van der Waals surface area contributed by atoms with Crippen molar-refractivity contribution >= 4 is 0 Å². The van der Waals surface area contributed by atoms with Crippen LogP contribution in [0.3, 0.4) is 0 Å². The molecule has 0 nitrogen and oxygen atoms in total. The van der Waals surface area contributed by atoms with Gasteiger partial charge in [-0.25, -0.2) is 0 Å². The van der Waals surface area contributed by atoms with Gasteiger partial charge in [-0.05, 0) is 0 Å². The summed E-state index contributed by atoms with van der Waals surface area (Å²) in [7, 11) is 0. The first-order chi connectivity index (χ1) is 3.41. The van der Waals surface area contributed by atoms with Crippen molar-refractivity contribution in [3.63, 3.8) is 0 Å². The van der Waals surface area contributed by atoms with Gasteiger partial charge in [0.15, 0.2) is 0 Å². The van der Waals surface area contributed by atoms with Gasteiger partial charge in [0.2, 0.25) is 0 Å². The molecule has 0 heterocycles. The van der Waals surface area contributed by atoms with Crippen LogP contribution in [-0.4, -0.2) is 0 Å². The first kappa shape index (κ1) is 16.3. The Hall–Kier alpha value is 0.623. The molecule has 0 amide bonds. The van der Waals surface area contributed by atoms with Crippen molar-refractivity contribution in [1.82, 2.24) is 0 Å². The van der Waals surface area contributed by atoms with Crippen molar-refractivity contribution < 1.29 is 19.5 Å². The van der Waals surface area contributed by atoms with Crippen LogP contribution in [0.25, 0.3) is 0 Å². The van der Waals surface area contributed by atoms with E-state index in [0.717, 1.165) is 0 Å². The second-order valence-electron chi connectivity index (χ2n) is 1.90. The fraction of sp³-hybridized carbons (Fsp3) is 0.750. The molecule has 0 unspecified atom stereocenters. The molecular weight excluding hydrogens is 161 g/mol. The van der Waals surface area contributed by atoms with Gasteiger partial charge in [0.05, 0.1) is 0 Å². The van der Waals surface area contributed by atoms with Gasteiger partial charge >= 0.3 is 19.5 Å². The van der Waals surface area contributed by atoms with E-state index in [2.05, 4.69) is 20.3 Å². The Morgan fingerprint density at radius 1 is 1.22 bits per heavy atom. The Bertz CT molecular complexity index is 23.7. The molecule has 1 heteroatoms. The molecule has 0 rings (SSSR count). The van der Waals surface area contributed by atoms with Crippen LogP contribution in [-0.2, 0) is 19.5 Å². The fourth-order valence-corrected chi connectivity index (χ4v) is 0.598. The van der Waals surface area contributed by atoms with Crippen molar-refractivity contribution in [2.75, 3.05) is 0 Å². The van der Waals surface area contributed by atoms with E-state index < -0.39 is 0 Å². The van der Waals surface area contributed by atoms with E-state index in [4.69, 9.17) is 0 Å². The summed E-state index contributed by atoms with van der Waals surface area (Å²) in [6.45, 7) is 4.35. The number of unbranched alkanes of at least 4 members (excludes halogenated alkanes) is 4. The zero-order valence-electron chi connectivity index (χ0n) is 7.11. The summed E-state index contributed by atoms with van der Waals surface area (Å²) < 4.78 is 0. The van der Waals surface area contributed by atoms with Gasteiger partial charge in [-0.3, -0.25) is 0 Å². The average molecular weight is 180 g/mol. The summed E-state index contributed by atoms with van der Waals surface area (Å²) in [5.74, 6) is 0. The Morgan fingerprint density at radius 3 is 2.11 bits per heavy atom. The number of hydrogen-bond donors (Lipinski definition) is 0. The Balaban J connectivity index is -0.000000180. The molecule has 0 aliphatic heterocycles. The number of hydrogen-bond acceptors (Lipinski definition) is 0. The minimum atomic E-state index is 0. The molecule has 0 aliphatic carbocycles. The number of rotatable bonds is 4. The molecule has 0 saturated heterocycles. The third kappa shape index (κ3) is 17.7. The monoisotopic (exact) mass is 178 g/mol. The first-order valence-corrected chi connectivity index (χ1v) is 3.19. The molecule has 0 saturated carbocycles. The standard InChI is InChI=1S/C7H15.CH3.Zn/c1-3-5-7-6-4-2;;/h3H,4-7H2,1-2H3;1H3;/q2*-1;+2. The van der Waals surface area contributed by atoms with E-state index in [1.807, 2.05) is 0 Å². The van der Waals surface area contributed by atoms with E-state index in [-0.39, 0.29) is 26.9 Å². The summed E-state index contributed by atoms with van der Waals surface area (Å²) in [6, 6.07) is 0. The van der Waals surface area contributed by atoms with E-state index >= 15 is 0 Å². The fourth-order valence-electron chi connectivity index (χ4n) is 0.598. The maximum absolute atomic E-state index is 2.23. The molecule has 0 fully saturated rings. The quantitative estimate of drug-likeness (QED) is 0.353. The molecule has 0 spiro atoms. The smallest absolute Gasteiger partial charge is 0.358 e. The van der Waals surface area contributed by atoms with Gasteiger partial charge in [-0.2, -0.15) is 13.3 Å². The zero-order valence-corrected chi connectivity index (χ0v) is 10.1. The third-order valence-electron chi connectivity index (χ3n) is 1.10. The van der Waals surface area contributed by atoms with Crippen molar-refractivity contribution in [3.8, 4) is 0 Å². The van der Waals surface area contributed by atoms with Crippen LogP contribution >= 0.6 is 0 Å². The van der Waals surface area contributed by atoms with E-state index in [1.54, 1.807) is 0 Å². The van der Waals surface area contributed by atoms with Gasteiger partial charge in [-0.1, -0.05) is 26.2 Å². The molecule has 0 bridgehead atoms. The van der Waals surface area contributed by atoms with Crippen LogP contribution in [0.1, 0.15) is 39.5 Å². The SMILES string of the molecule is C[CH-]CCCCC.[CH3-].[Zn+2]. The normalized spacial score (nSPS) is 7.33. The van der Waals surface area contributed by atoms with Gasteiger partial charge in [0, 0.05) is 0 Å². The van der Waals surface area contributed by atoms with Crippen LogP contribution in [0.5, 0.6) is 0 Å². The van der Waals surface area contributed by atoms with Crippen LogP contribution in [0.2, 0.25) is 0 Å². The van der Waals surface area contributed by atoms with Crippen molar-refractivity contribution in [1.29, 1.82) is 0 Å². The van der Waals surface area contributed by atoms with Gasteiger partial charge in [0.25, 0.3) is 0 Å². The third-order valence-corrected chi connectivity index (χ3v) is 1.10. The predicted molar refractivity (Wildman–Crippen MR) is 40.5 cm³/mol. The van der Waals surface area contributed by atoms with E-state index in [1.165, 1.54) is 25.7 Å². The average Bonchev–Trinajstić information content (AvgIpc) is 1.69. The second kappa shape index (κ2) is 15.8. The molecular formula is C8H18Zn. The van der Waals surface area contributed by atoms with Crippen LogP contribution in [0.15, 0.2) is 0 Å². The van der Waals surface area contributed by atoms with Crippen LogP contribution in [0, 0.1) is 13.8 Å². The summed E-state index contributed by atoms with van der Waals surface area (Å²) in [5, 5.41) is 0. The van der Waals surface area contributed by atoms with Crippen molar-refractivity contribution in [2.45, 2.75) is 39.5 Å². The van der Waals surface area contributed by atoms with E-state index in [0.29, 0.717) is 0 Å². The summed E-state index contributed by atoms with van der Waals surface area (Å²) in [6.07, 6.45) is 7.65. The maximum atomic E-state index is 2.23. The van der Waals surface area contributed by atoms with E-state index in [9.17, 15) is 0 Å². The molecule has 0 aliphatic rings. The first-order valence-electron chi connectivity index (χ1n) is 3.19.